The van der Waals surface area contributed by atoms with E-state index >= 15 is 0 Å². The first kappa shape index (κ1) is 17.0. The van der Waals surface area contributed by atoms with Crippen molar-refractivity contribution in [2.45, 2.75) is 90.4 Å². The zero-order valence-corrected chi connectivity index (χ0v) is 13.1. The zero-order chi connectivity index (χ0) is 14.6. The summed E-state index contributed by atoms with van der Waals surface area (Å²) in [6.45, 7) is 4.34. The molecule has 116 valence electrons. The van der Waals surface area contributed by atoms with Crippen molar-refractivity contribution >= 4 is 0 Å². The van der Waals surface area contributed by atoms with Crippen molar-refractivity contribution in [3.63, 3.8) is 0 Å². The lowest BCUT2D eigenvalue weighted by Gasteiger charge is -2.06. The monoisotopic (exact) mass is 282 g/mol. The van der Waals surface area contributed by atoms with Gasteiger partial charge in [-0.1, -0.05) is 83.2 Å². The molecule has 1 atom stereocenters. The second-order valence-corrected chi connectivity index (χ2v) is 5.85. The second kappa shape index (κ2) is 10.7. The smallest absolute Gasteiger partial charge is 0.296 e. The summed E-state index contributed by atoms with van der Waals surface area (Å²) in [5, 5.41) is 3.74. The summed E-state index contributed by atoms with van der Waals surface area (Å²) in [5.41, 5.74) is 0. The Morgan fingerprint density at radius 2 is 1.55 bits per heavy atom. The van der Waals surface area contributed by atoms with E-state index in [-0.39, 0.29) is 5.92 Å². The summed E-state index contributed by atoms with van der Waals surface area (Å²) >= 11 is 0. The summed E-state index contributed by atoms with van der Waals surface area (Å²) in [4.78, 5) is 13.5. The van der Waals surface area contributed by atoms with Gasteiger partial charge in [0.25, 0.3) is 0 Å². The van der Waals surface area contributed by atoms with Crippen LogP contribution in [-0.4, -0.2) is 10.1 Å². The molecule has 1 aromatic heterocycles. The van der Waals surface area contributed by atoms with Gasteiger partial charge in [-0.25, -0.2) is 4.79 Å². The molecule has 0 radical (unpaired) electrons. The number of hydrogen-bond donors (Lipinski definition) is 1. The summed E-state index contributed by atoms with van der Waals surface area (Å²) < 4.78 is 4.52. The molecule has 1 heterocycles. The van der Waals surface area contributed by atoms with Gasteiger partial charge in [-0.15, -0.1) is 0 Å². The maximum atomic E-state index is 10.9. The minimum Gasteiger partial charge on any atom is -0.296 e. The Kier molecular flexibility index (Phi) is 9.09. The predicted octanol–water partition coefficient (Wildman–Crippen LogP) is 4.78. The number of aromatic amines is 1. The first-order chi connectivity index (χ1) is 9.74. The second-order valence-electron chi connectivity index (χ2n) is 5.85. The van der Waals surface area contributed by atoms with Gasteiger partial charge in [-0.05, 0) is 6.42 Å². The van der Waals surface area contributed by atoms with Crippen LogP contribution >= 0.6 is 0 Å². The number of unbranched alkanes of at least 4 members (excludes halogenated alkanes) is 9. The predicted molar refractivity (Wildman–Crippen MR) is 82.0 cm³/mol. The molecule has 0 amide bonds. The van der Waals surface area contributed by atoms with Crippen molar-refractivity contribution in [2.24, 2.45) is 0 Å². The molecule has 1 N–H and O–H groups in total. The van der Waals surface area contributed by atoms with Gasteiger partial charge in [-0.3, -0.25) is 9.51 Å². The molecule has 0 bridgehead atoms. The zero-order valence-electron chi connectivity index (χ0n) is 13.1. The van der Waals surface area contributed by atoms with E-state index in [9.17, 15) is 4.79 Å². The molecular formula is C16H30N2O2. The molecule has 0 aliphatic heterocycles. The third-order valence-electron chi connectivity index (χ3n) is 3.91. The average molecular weight is 282 g/mol. The SMILES string of the molecule is CCCCCCCCCCCCC(C)c1noc(=O)[nH]1. The first-order valence-electron chi connectivity index (χ1n) is 8.30. The summed E-state index contributed by atoms with van der Waals surface area (Å²) in [6.07, 6.45) is 14.6. The fourth-order valence-corrected chi connectivity index (χ4v) is 2.53. The molecule has 0 saturated heterocycles. The summed E-state index contributed by atoms with van der Waals surface area (Å²) in [5.74, 6) is 0.524. The Hall–Kier alpha value is -1.06. The van der Waals surface area contributed by atoms with E-state index in [1.165, 1.54) is 64.2 Å². The van der Waals surface area contributed by atoms with Gasteiger partial charge in [0.1, 0.15) is 0 Å². The Bertz CT molecular complexity index is 384. The normalized spacial score (nSPS) is 12.7. The number of aromatic nitrogens is 2. The standard InChI is InChI=1S/C16H30N2O2/c1-3-4-5-6-7-8-9-10-11-12-13-14(2)15-17-16(19)20-18-15/h14H,3-13H2,1-2H3,(H,17,18,19). The van der Waals surface area contributed by atoms with Gasteiger partial charge in [0.2, 0.25) is 0 Å². The van der Waals surface area contributed by atoms with Crippen LogP contribution in [0.5, 0.6) is 0 Å². The van der Waals surface area contributed by atoms with E-state index in [0.29, 0.717) is 5.82 Å². The minimum atomic E-state index is -0.449. The van der Waals surface area contributed by atoms with E-state index < -0.39 is 5.76 Å². The Morgan fingerprint density at radius 3 is 2.05 bits per heavy atom. The van der Waals surface area contributed by atoms with Crippen LogP contribution in [0.15, 0.2) is 9.32 Å². The summed E-state index contributed by atoms with van der Waals surface area (Å²) in [6, 6.07) is 0. The number of nitrogens with zero attached hydrogens (tertiary/aromatic N) is 1. The van der Waals surface area contributed by atoms with Gasteiger partial charge in [0.15, 0.2) is 5.82 Å². The molecule has 0 aromatic carbocycles. The Morgan fingerprint density at radius 1 is 1.00 bits per heavy atom. The van der Waals surface area contributed by atoms with Gasteiger partial charge in [-0.2, -0.15) is 0 Å². The molecule has 4 heteroatoms. The average Bonchev–Trinajstić information content (AvgIpc) is 2.87. The molecule has 1 rings (SSSR count). The van der Waals surface area contributed by atoms with Crippen LogP contribution in [0.25, 0.3) is 0 Å². The molecule has 20 heavy (non-hydrogen) atoms. The largest absolute Gasteiger partial charge is 0.438 e. The van der Waals surface area contributed by atoms with Crippen molar-refractivity contribution < 1.29 is 4.52 Å². The number of nitrogens with one attached hydrogen (secondary N) is 1. The van der Waals surface area contributed by atoms with Gasteiger partial charge in [0.05, 0.1) is 0 Å². The molecule has 1 aromatic rings. The topological polar surface area (TPSA) is 58.9 Å². The minimum absolute atomic E-state index is 0.287. The van der Waals surface area contributed by atoms with Crippen molar-refractivity contribution in [3.8, 4) is 0 Å². The van der Waals surface area contributed by atoms with E-state index in [1.807, 2.05) is 0 Å². The fraction of sp³-hybridized carbons (Fsp3) is 0.875. The van der Waals surface area contributed by atoms with Gasteiger partial charge >= 0.3 is 5.76 Å². The van der Waals surface area contributed by atoms with Crippen LogP contribution in [0.4, 0.5) is 0 Å². The number of hydrogen-bond acceptors (Lipinski definition) is 3. The molecule has 4 nitrogen and oxygen atoms in total. The van der Waals surface area contributed by atoms with Crippen LogP contribution in [0.3, 0.4) is 0 Å². The molecule has 0 saturated carbocycles. The highest BCUT2D eigenvalue weighted by Gasteiger charge is 2.10. The van der Waals surface area contributed by atoms with Crippen LogP contribution < -0.4 is 5.76 Å². The molecular weight excluding hydrogens is 252 g/mol. The summed E-state index contributed by atoms with van der Waals surface area (Å²) in [7, 11) is 0. The highest BCUT2D eigenvalue weighted by Crippen LogP contribution is 2.18. The highest BCUT2D eigenvalue weighted by molar-refractivity contribution is 4.88. The molecule has 1 unspecified atom stereocenters. The van der Waals surface area contributed by atoms with Crippen LogP contribution in [-0.2, 0) is 0 Å². The van der Waals surface area contributed by atoms with E-state index in [1.54, 1.807) is 0 Å². The van der Waals surface area contributed by atoms with Crippen molar-refractivity contribution in [3.05, 3.63) is 16.4 Å². The third-order valence-corrected chi connectivity index (χ3v) is 3.91. The van der Waals surface area contributed by atoms with Gasteiger partial charge in [0, 0.05) is 5.92 Å². The maximum absolute atomic E-state index is 10.9. The lowest BCUT2D eigenvalue weighted by molar-refractivity contribution is 0.376. The van der Waals surface area contributed by atoms with Crippen LogP contribution in [0.2, 0.25) is 0 Å². The first-order valence-corrected chi connectivity index (χ1v) is 8.30. The van der Waals surface area contributed by atoms with E-state index in [0.717, 1.165) is 6.42 Å². The molecule has 0 aliphatic rings. The quantitative estimate of drug-likeness (QED) is 0.561. The van der Waals surface area contributed by atoms with Gasteiger partial charge < -0.3 is 0 Å². The van der Waals surface area contributed by atoms with Crippen LogP contribution in [0.1, 0.15) is 96.2 Å². The Labute approximate surface area is 122 Å². The number of H-pyrrole nitrogens is 1. The lowest BCUT2D eigenvalue weighted by Crippen LogP contribution is -2.01. The number of rotatable bonds is 12. The molecule has 0 fully saturated rings. The highest BCUT2D eigenvalue weighted by atomic mass is 16.5. The fourth-order valence-electron chi connectivity index (χ4n) is 2.53. The van der Waals surface area contributed by atoms with E-state index in [2.05, 4.69) is 28.5 Å². The van der Waals surface area contributed by atoms with E-state index in [4.69, 9.17) is 0 Å². The van der Waals surface area contributed by atoms with Crippen LogP contribution in [0, 0.1) is 0 Å². The van der Waals surface area contributed by atoms with Crippen molar-refractivity contribution in [2.75, 3.05) is 0 Å². The molecule has 0 spiro atoms. The molecule has 0 aliphatic carbocycles. The Balaban J connectivity index is 1.91. The maximum Gasteiger partial charge on any atom is 0.438 e. The van der Waals surface area contributed by atoms with Crippen molar-refractivity contribution in [1.29, 1.82) is 0 Å². The van der Waals surface area contributed by atoms with Crippen molar-refractivity contribution in [1.82, 2.24) is 10.1 Å². The third kappa shape index (κ3) is 7.51. The lowest BCUT2D eigenvalue weighted by atomic mass is 10.0.